The van der Waals surface area contributed by atoms with Gasteiger partial charge in [0.1, 0.15) is 12.6 Å². The Labute approximate surface area is 221 Å². The zero-order chi connectivity index (χ0) is 25.6. The highest BCUT2D eigenvalue weighted by atomic mass is 79.9. The molecule has 190 valence electrons. The van der Waals surface area contributed by atoms with E-state index in [0.717, 1.165) is 48.2 Å². The molecule has 10 heteroatoms. The van der Waals surface area contributed by atoms with E-state index in [1.807, 2.05) is 6.07 Å². The van der Waals surface area contributed by atoms with Gasteiger partial charge < -0.3 is 10.2 Å². The van der Waals surface area contributed by atoms with Crippen LogP contribution in [-0.4, -0.2) is 50.0 Å². The fourth-order valence-corrected chi connectivity index (χ4v) is 5.92. The largest absolute Gasteiger partial charge is 0.352 e. The number of halogens is 2. The molecular weight excluding hydrogens is 554 g/mol. The molecule has 1 fully saturated rings. The predicted molar refractivity (Wildman–Crippen MR) is 143 cm³/mol. The number of nitrogens with one attached hydrogen (secondary N) is 1. The number of carbonyl (C=O) groups is 2. The number of anilines is 1. The minimum atomic E-state index is -3.78. The van der Waals surface area contributed by atoms with E-state index in [1.165, 1.54) is 4.90 Å². The lowest BCUT2D eigenvalue weighted by molar-refractivity contribution is -0.139. The van der Waals surface area contributed by atoms with Crippen molar-refractivity contribution in [2.75, 3.05) is 17.1 Å². The van der Waals surface area contributed by atoms with E-state index in [-0.39, 0.29) is 18.5 Å². The molecule has 0 saturated heterocycles. The number of carbonyl (C=O) groups excluding carboxylic acids is 2. The topological polar surface area (TPSA) is 86.8 Å². The SMILES string of the molecule is C[C@@H](C(=O)NC1CCCCC1)N(Cc1cccc(Cl)c1)C(=O)CN(c1ccccc1Br)S(C)(=O)=O. The first-order valence-corrected chi connectivity index (χ1v) is 14.6. The molecular formula is C25H31BrClN3O4S. The molecule has 0 unspecified atom stereocenters. The Balaban J connectivity index is 1.88. The third kappa shape index (κ3) is 7.69. The van der Waals surface area contributed by atoms with Crippen molar-refractivity contribution >= 4 is 55.1 Å². The summed E-state index contributed by atoms with van der Waals surface area (Å²) in [5.74, 6) is -0.739. The van der Waals surface area contributed by atoms with Crippen molar-refractivity contribution < 1.29 is 18.0 Å². The van der Waals surface area contributed by atoms with Crippen LogP contribution in [0.3, 0.4) is 0 Å². The lowest BCUT2D eigenvalue weighted by Crippen LogP contribution is -2.53. The normalized spacial score (nSPS) is 15.3. The molecule has 1 aliphatic rings. The molecule has 1 atom stereocenters. The van der Waals surface area contributed by atoms with Gasteiger partial charge in [-0.05, 0) is 65.5 Å². The summed E-state index contributed by atoms with van der Waals surface area (Å²) >= 11 is 9.52. The summed E-state index contributed by atoms with van der Waals surface area (Å²) in [6, 6.07) is 13.1. The van der Waals surface area contributed by atoms with Crippen molar-refractivity contribution in [2.45, 2.75) is 57.7 Å². The maximum Gasteiger partial charge on any atom is 0.244 e. The number of nitrogens with zero attached hydrogens (tertiary/aromatic N) is 2. The van der Waals surface area contributed by atoms with Gasteiger partial charge in [-0.1, -0.05) is 55.1 Å². The van der Waals surface area contributed by atoms with Crippen LogP contribution < -0.4 is 9.62 Å². The number of sulfonamides is 1. The third-order valence-electron chi connectivity index (χ3n) is 6.16. The van der Waals surface area contributed by atoms with Crippen LogP contribution in [0.4, 0.5) is 5.69 Å². The summed E-state index contributed by atoms with van der Waals surface area (Å²) in [5.41, 5.74) is 1.10. The van der Waals surface area contributed by atoms with E-state index >= 15 is 0 Å². The van der Waals surface area contributed by atoms with Gasteiger partial charge in [0, 0.05) is 22.1 Å². The molecule has 2 aromatic rings. The summed E-state index contributed by atoms with van der Waals surface area (Å²) < 4.78 is 26.9. The van der Waals surface area contributed by atoms with Gasteiger partial charge in [0.15, 0.2) is 0 Å². The second-order valence-electron chi connectivity index (χ2n) is 8.89. The van der Waals surface area contributed by atoms with Gasteiger partial charge in [0.2, 0.25) is 21.8 Å². The fourth-order valence-electron chi connectivity index (χ4n) is 4.23. The molecule has 0 spiro atoms. The summed E-state index contributed by atoms with van der Waals surface area (Å²) in [6.07, 6.45) is 6.20. The number of para-hydroxylation sites is 1. The van der Waals surface area contributed by atoms with E-state index in [0.29, 0.717) is 15.2 Å². The predicted octanol–water partition coefficient (Wildman–Crippen LogP) is 4.73. The van der Waals surface area contributed by atoms with Crippen molar-refractivity contribution in [2.24, 2.45) is 0 Å². The van der Waals surface area contributed by atoms with Gasteiger partial charge in [0.25, 0.3) is 0 Å². The van der Waals surface area contributed by atoms with Gasteiger partial charge >= 0.3 is 0 Å². The molecule has 1 N–H and O–H groups in total. The van der Waals surface area contributed by atoms with E-state index in [1.54, 1.807) is 49.4 Å². The summed E-state index contributed by atoms with van der Waals surface area (Å²) in [4.78, 5) is 28.2. The highest BCUT2D eigenvalue weighted by molar-refractivity contribution is 9.10. The standard InChI is InChI=1S/C25H31BrClN3O4S/c1-18(25(32)28-21-11-4-3-5-12-21)29(16-19-9-8-10-20(27)15-19)24(31)17-30(35(2,33)34)23-14-7-6-13-22(23)26/h6-10,13-15,18,21H,3-5,11-12,16-17H2,1-2H3,(H,28,32)/t18-/m0/s1. The van der Waals surface area contributed by atoms with E-state index in [4.69, 9.17) is 11.6 Å². The van der Waals surface area contributed by atoms with E-state index in [2.05, 4.69) is 21.2 Å². The summed E-state index contributed by atoms with van der Waals surface area (Å²) in [5, 5.41) is 3.59. The number of hydrogen-bond donors (Lipinski definition) is 1. The van der Waals surface area contributed by atoms with Crippen LogP contribution in [0.5, 0.6) is 0 Å². The first-order valence-electron chi connectivity index (χ1n) is 11.6. The lowest BCUT2D eigenvalue weighted by Gasteiger charge is -2.33. The molecule has 0 heterocycles. The Hall–Kier alpha value is -2.10. The Bertz CT molecular complexity index is 1150. The van der Waals surface area contributed by atoms with Gasteiger partial charge in [-0.2, -0.15) is 0 Å². The lowest BCUT2D eigenvalue weighted by atomic mass is 9.95. The quantitative estimate of drug-likeness (QED) is 0.462. The molecule has 0 aliphatic heterocycles. The average molecular weight is 585 g/mol. The van der Waals surface area contributed by atoms with Crippen molar-refractivity contribution in [3.8, 4) is 0 Å². The van der Waals surface area contributed by atoms with Crippen molar-refractivity contribution in [1.29, 1.82) is 0 Å². The number of amides is 2. The molecule has 0 aromatic heterocycles. The maximum absolute atomic E-state index is 13.6. The van der Waals surface area contributed by atoms with E-state index in [9.17, 15) is 18.0 Å². The minimum Gasteiger partial charge on any atom is -0.352 e. The summed E-state index contributed by atoms with van der Waals surface area (Å²) in [7, 11) is -3.78. The zero-order valence-electron chi connectivity index (χ0n) is 19.9. The third-order valence-corrected chi connectivity index (χ3v) is 8.19. The van der Waals surface area contributed by atoms with Crippen LogP contribution in [0.15, 0.2) is 53.0 Å². The Morgan fingerprint density at radius 3 is 2.43 bits per heavy atom. The highest BCUT2D eigenvalue weighted by Crippen LogP contribution is 2.28. The van der Waals surface area contributed by atoms with Gasteiger partial charge in [-0.15, -0.1) is 0 Å². The summed E-state index contributed by atoms with van der Waals surface area (Å²) in [6.45, 7) is 1.35. The number of rotatable bonds is 9. The molecule has 2 amide bonds. The molecule has 3 rings (SSSR count). The van der Waals surface area contributed by atoms with Crippen LogP contribution in [-0.2, 0) is 26.2 Å². The molecule has 0 radical (unpaired) electrons. The van der Waals surface area contributed by atoms with Crippen LogP contribution in [0, 0.1) is 0 Å². The first-order chi connectivity index (χ1) is 16.6. The molecule has 1 saturated carbocycles. The zero-order valence-corrected chi connectivity index (χ0v) is 23.1. The monoisotopic (exact) mass is 583 g/mol. The second-order valence-corrected chi connectivity index (χ2v) is 12.1. The van der Waals surface area contributed by atoms with Crippen molar-refractivity contribution in [3.63, 3.8) is 0 Å². The van der Waals surface area contributed by atoms with Crippen LogP contribution in [0.25, 0.3) is 0 Å². The second kappa shape index (κ2) is 12.2. The van der Waals surface area contributed by atoms with Gasteiger partial charge in [0.05, 0.1) is 11.9 Å². The first kappa shape index (κ1) is 27.5. The Morgan fingerprint density at radius 2 is 1.80 bits per heavy atom. The van der Waals surface area contributed by atoms with Crippen LogP contribution in [0.2, 0.25) is 5.02 Å². The molecule has 0 bridgehead atoms. The average Bonchev–Trinajstić information content (AvgIpc) is 2.81. The maximum atomic E-state index is 13.6. The number of benzene rings is 2. The Morgan fingerprint density at radius 1 is 1.11 bits per heavy atom. The smallest absolute Gasteiger partial charge is 0.244 e. The molecule has 7 nitrogen and oxygen atoms in total. The van der Waals surface area contributed by atoms with Gasteiger partial charge in [-0.3, -0.25) is 13.9 Å². The van der Waals surface area contributed by atoms with Crippen molar-refractivity contribution in [1.82, 2.24) is 10.2 Å². The molecule has 2 aromatic carbocycles. The van der Waals surface area contributed by atoms with E-state index < -0.39 is 28.5 Å². The van der Waals surface area contributed by atoms with Gasteiger partial charge in [-0.25, -0.2) is 8.42 Å². The van der Waals surface area contributed by atoms with Crippen LogP contribution in [0.1, 0.15) is 44.6 Å². The minimum absolute atomic E-state index is 0.0922. The Kier molecular flexibility index (Phi) is 9.61. The van der Waals surface area contributed by atoms with Crippen molar-refractivity contribution in [3.05, 3.63) is 63.6 Å². The molecule has 1 aliphatic carbocycles. The van der Waals surface area contributed by atoms with Crippen LogP contribution >= 0.6 is 27.5 Å². The number of hydrogen-bond acceptors (Lipinski definition) is 4. The molecule has 35 heavy (non-hydrogen) atoms. The highest BCUT2D eigenvalue weighted by Gasteiger charge is 2.31. The fraction of sp³-hybridized carbons (Fsp3) is 0.440.